The summed E-state index contributed by atoms with van der Waals surface area (Å²) in [6.45, 7) is 4.69. The zero-order chi connectivity index (χ0) is 8.56. The molecule has 1 spiro atoms. The smallest absolute Gasteiger partial charge is 0.179 e. The Morgan fingerprint density at radius 2 is 2.25 bits per heavy atom. The lowest BCUT2D eigenvalue weighted by atomic mass is 9.27. The van der Waals surface area contributed by atoms with Crippen molar-refractivity contribution in [2.24, 2.45) is 5.92 Å². The van der Waals surface area contributed by atoms with E-state index in [0.717, 1.165) is 5.92 Å². The van der Waals surface area contributed by atoms with Crippen molar-refractivity contribution in [1.29, 1.82) is 5.26 Å². The van der Waals surface area contributed by atoms with Crippen LogP contribution >= 0.6 is 0 Å². The minimum atomic E-state index is 0.373. The molecule has 62 valence electrons. The second-order valence-electron chi connectivity index (χ2n) is 5.27. The van der Waals surface area contributed by atoms with E-state index >= 15 is 0 Å². The van der Waals surface area contributed by atoms with Crippen LogP contribution in [0.25, 0.3) is 0 Å². The van der Waals surface area contributed by atoms with Gasteiger partial charge in [-0.25, -0.2) is 0 Å². The summed E-state index contributed by atoms with van der Waals surface area (Å²) in [6, 6.07) is 0.639. The van der Waals surface area contributed by atoms with Gasteiger partial charge in [-0.15, -0.1) is 0 Å². The summed E-state index contributed by atoms with van der Waals surface area (Å²) in [4.78, 5) is 2.05. The number of likely N-dealkylation sites (tertiary alicyclic amines) is 1. The standard InChI is InChI=1S/C9H13BN2/c1-8(2)6-3-4-7-9(6,10-8)12(7)5-11/h6-7,10H,3-4H2,1-2H3. The van der Waals surface area contributed by atoms with E-state index < -0.39 is 0 Å². The van der Waals surface area contributed by atoms with Crippen molar-refractivity contribution < 1.29 is 0 Å². The number of nitriles is 1. The van der Waals surface area contributed by atoms with Crippen LogP contribution < -0.4 is 0 Å². The molecule has 0 aromatic heterocycles. The molecular weight excluding hydrogens is 147 g/mol. The normalized spacial score (nSPS) is 51.2. The second-order valence-corrected chi connectivity index (χ2v) is 5.27. The minimum absolute atomic E-state index is 0.373. The first kappa shape index (κ1) is 6.83. The summed E-state index contributed by atoms with van der Waals surface area (Å²) in [6.07, 6.45) is 4.96. The average molecular weight is 160 g/mol. The van der Waals surface area contributed by atoms with Gasteiger partial charge in [-0.05, 0) is 18.8 Å². The predicted molar refractivity (Wildman–Crippen MR) is 47.9 cm³/mol. The maximum absolute atomic E-state index is 8.87. The molecule has 2 nitrogen and oxygen atoms in total. The van der Waals surface area contributed by atoms with E-state index in [9.17, 15) is 0 Å². The van der Waals surface area contributed by atoms with E-state index in [2.05, 4.69) is 20.0 Å². The van der Waals surface area contributed by atoms with Crippen molar-refractivity contribution in [3.8, 4) is 6.19 Å². The molecule has 0 aromatic rings. The lowest BCUT2D eigenvalue weighted by molar-refractivity contribution is 0.264. The Bertz CT molecular complexity index is 293. The third-order valence-electron chi connectivity index (χ3n) is 4.39. The zero-order valence-corrected chi connectivity index (χ0v) is 7.67. The first-order valence-corrected chi connectivity index (χ1v) is 4.82. The van der Waals surface area contributed by atoms with E-state index in [4.69, 9.17) is 5.26 Å². The zero-order valence-electron chi connectivity index (χ0n) is 7.67. The van der Waals surface area contributed by atoms with E-state index in [1.807, 2.05) is 4.90 Å². The highest BCUT2D eigenvalue weighted by Gasteiger charge is 2.79. The molecule has 0 amide bonds. The topological polar surface area (TPSA) is 26.8 Å². The highest BCUT2D eigenvalue weighted by atomic mass is 15.4. The van der Waals surface area contributed by atoms with Gasteiger partial charge in [0.15, 0.2) is 13.5 Å². The average Bonchev–Trinajstić information content (AvgIpc) is 2.46. The first-order valence-electron chi connectivity index (χ1n) is 4.82. The molecule has 2 heterocycles. The van der Waals surface area contributed by atoms with Gasteiger partial charge in [-0.1, -0.05) is 19.2 Å². The van der Waals surface area contributed by atoms with E-state index in [1.165, 1.54) is 20.1 Å². The fourth-order valence-electron chi connectivity index (χ4n) is 4.04. The van der Waals surface area contributed by atoms with Gasteiger partial charge < -0.3 is 4.90 Å². The van der Waals surface area contributed by atoms with Crippen molar-refractivity contribution in [2.75, 3.05) is 0 Å². The summed E-state index contributed by atoms with van der Waals surface area (Å²) < 4.78 is 0. The molecule has 0 bridgehead atoms. The Morgan fingerprint density at radius 3 is 2.75 bits per heavy atom. The van der Waals surface area contributed by atoms with Crippen LogP contribution in [0.5, 0.6) is 0 Å². The molecule has 2 saturated heterocycles. The summed E-state index contributed by atoms with van der Waals surface area (Å²) in [5, 5.41) is 9.39. The van der Waals surface area contributed by atoms with Crippen LogP contribution in [0.1, 0.15) is 26.7 Å². The molecule has 12 heavy (non-hydrogen) atoms. The molecule has 2 aliphatic heterocycles. The fraction of sp³-hybridized carbons (Fsp3) is 0.889. The van der Waals surface area contributed by atoms with Gasteiger partial charge >= 0.3 is 0 Å². The van der Waals surface area contributed by atoms with Crippen molar-refractivity contribution in [3.05, 3.63) is 0 Å². The molecule has 0 N–H and O–H groups in total. The van der Waals surface area contributed by atoms with Gasteiger partial charge in [-0.2, -0.15) is 5.26 Å². The number of piperidine rings is 1. The summed E-state index contributed by atoms with van der Waals surface area (Å²) >= 11 is 0. The molecule has 3 heteroatoms. The first-order chi connectivity index (χ1) is 5.63. The van der Waals surface area contributed by atoms with Gasteiger partial charge in [0.25, 0.3) is 0 Å². The Hall–Kier alpha value is -0.645. The monoisotopic (exact) mass is 160 g/mol. The molecule has 0 radical (unpaired) electrons. The van der Waals surface area contributed by atoms with Crippen LogP contribution in [0.15, 0.2) is 0 Å². The molecule has 3 rings (SSSR count). The predicted octanol–water partition coefficient (Wildman–Crippen LogP) is 0.907. The lowest BCUT2D eigenvalue weighted by Crippen LogP contribution is -2.55. The Morgan fingerprint density at radius 1 is 1.50 bits per heavy atom. The molecule has 3 unspecified atom stereocenters. The van der Waals surface area contributed by atoms with E-state index in [1.54, 1.807) is 0 Å². The fourth-order valence-corrected chi connectivity index (χ4v) is 4.04. The van der Waals surface area contributed by atoms with Crippen molar-refractivity contribution in [3.63, 3.8) is 0 Å². The molecule has 3 atom stereocenters. The van der Waals surface area contributed by atoms with Crippen LogP contribution in [-0.4, -0.2) is 23.7 Å². The van der Waals surface area contributed by atoms with E-state index in [-0.39, 0.29) is 0 Å². The molecular formula is C9H13BN2. The number of rotatable bonds is 0. The van der Waals surface area contributed by atoms with Gasteiger partial charge in [-0.3, -0.25) is 0 Å². The van der Waals surface area contributed by atoms with Crippen molar-refractivity contribution in [1.82, 2.24) is 4.90 Å². The Kier molecular flexibility index (Phi) is 0.869. The Balaban J connectivity index is 1.94. The minimum Gasteiger partial charge on any atom is -0.306 e. The molecule has 0 aromatic carbocycles. The third kappa shape index (κ3) is 0.444. The number of hydrogen-bond donors (Lipinski definition) is 0. The van der Waals surface area contributed by atoms with E-state index in [0.29, 0.717) is 16.8 Å². The maximum atomic E-state index is 8.87. The molecule has 1 aliphatic carbocycles. The van der Waals surface area contributed by atoms with Gasteiger partial charge in [0, 0.05) is 5.44 Å². The van der Waals surface area contributed by atoms with Crippen LogP contribution in [0.2, 0.25) is 5.31 Å². The van der Waals surface area contributed by atoms with Gasteiger partial charge in [0.05, 0.1) is 6.04 Å². The van der Waals surface area contributed by atoms with Crippen molar-refractivity contribution in [2.45, 2.75) is 43.5 Å². The van der Waals surface area contributed by atoms with Crippen molar-refractivity contribution >= 4 is 7.28 Å². The summed E-state index contributed by atoms with van der Waals surface area (Å²) in [5.41, 5.74) is 0.373. The second kappa shape index (κ2) is 1.53. The Labute approximate surface area is 73.8 Å². The summed E-state index contributed by atoms with van der Waals surface area (Å²) in [5.74, 6) is 0.814. The van der Waals surface area contributed by atoms with Crippen LogP contribution in [-0.2, 0) is 0 Å². The molecule has 3 aliphatic rings. The highest BCUT2D eigenvalue weighted by molar-refractivity contribution is 6.51. The molecule has 3 fully saturated rings. The molecule has 1 saturated carbocycles. The quantitative estimate of drug-likeness (QED) is 0.299. The number of hydrogen-bond acceptors (Lipinski definition) is 2. The highest BCUT2D eigenvalue weighted by Crippen LogP contribution is 2.71. The summed E-state index contributed by atoms with van der Waals surface area (Å²) in [7, 11) is 1.25. The van der Waals surface area contributed by atoms with Crippen LogP contribution in [0, 0.1) is 17.4 Å². The SMILES string of the molecule is CC1(C)BC23C(CCC12)N3C#N. The lowest BCUT2D eigenvalue weighted by Gasteiger charge is -2.49. The largest absolute Gasteiger partial charge is 0.306 e. The van der Waals surface area contributed by atoms with Gasteiger partial charge in [0.2, 0.25) is 0 Å². The number of nitrogens with zero attached hydrogens (tertiary/aromatic N) is 2. The van der Waals surface area contributed by atoms with Crippen LogP contribution in [0.3, 0.4) is 0 Å². The van der Waals surface area contributed by atoms with Gasteiger partial charge in [0.1, 0.15) is 0 Å². The van der Waals surface area contributed by atoms with Crippen LogP contribution in [0.4, 0.5) is 0 Å². The third-order valence-corrected chi connectivity index (χ3v) is 4.39. The maximum Gasteiger partial charge on any atom is 0.179 e.